The average molecular weight is 566 g/mol. The van der Waals surface area contributed by atoms with Crippen molar-refractivity contribution in [3.8, 4) is 5.75 Å². The van der Waals surface area contributed by atoms with Crippen LogP contribution in [0.5, 0.6) is 5.75 Å². The second kappa shape index (κ2) is 12.1. The highest BCUT2D eigenvalue weighted by molar-refractivity contribution is 5.29. The van der Waals surface area contributed by atoms with Gasteiger partial charge in [-0.2, -0.15) is 13.2 Å². The van der Waals surface area contributed by atoms with E-state index in [0.29, 0.717) is 37.5 Å². The van der Waals surface area contributed by atoms with Crippen molar-refractivity contribution in [3.63, 3.8) is 0 Å². The van der Waals surface area contributed by atoms with Crippen molar-refractivity contribution in [2.24, 2.45) is 29.6 Å². The summed E-state index contributed by atoms with van der Waals surface area (Å²) in [7, 11) is 1.81. The fourth-order valence-electron chi connectivity index (χ4n) is 8.78. The molecule has 4 bridgehead atoms. The van der Waals surface area contributed by atoms with Crippen LogP contribution in [-0.2, 0) is 14.5 Å². The Hall–Kier alpha value is -1.35. The zero-order valence-electron chi connectivity index (χ0n) is 23.9. The molecule has 40 heavy (non-hydrogen) atoms. The number of nitrogens with zero attached hydrogens (tertiary/aromatic N) is 1. The molecule has 1 heterocycles. The van der Waals surface area contributed by atoms with Crippen molar-refractivity contribution in [1.29, 1.82) is 0 Å². The van der Waals surface area contributed by atoms with Gasteiger partial charge in [-0.25, -0.2) is 9.78 Å². The van der Waals surface area contributed by atoms with Gasteiger partial charge in [-0.15, -0.1) is 0 Å². The van der Waals surface area contributed by atoms with Crippen LogP contribution in [-0.4, -0.2) is 56.3 Å². The summed E-state index contributed by atoms with van der Waals surface area (Å²) >= 11 is 0. The van der Waals surface area contributed by atoms with Crippen LogP contribution >= 0.6 is 0 Å². The number of benzene rings is 1. The molecular weight excluding hydrogens is 519 g/mol. The molecule has 7 rings (SSSR count). The van der Waals surface area contributed by atoms with E-state index in [1.54, 1.807) is 7.11 Å². The number of ether oxygens (including phenoxy) is 2. The molecule has 8 heteroatoms. The molecule has 1 aromatic carbocycles. The fourth-order valence-corrected chi connectivity index (χ4v) is 8.78. The molecule has 0 unspecified atom stereocenters. The van der Waals surface area contributed by atoms with Crippen LogP contribution in [0.15, 0.2) is 24.3 Å². The Morgan fingerprint density at radius 2 is 1.48 bits per heavy atom. The van der Waals surface area contributed by atoms with Gasteiger partial charge < -0.3 is 14.4 Å². The summed E-state index contributed by atoms with van der Waals surface area (Å²) in [6, 6.07) is 8.44. The smallest absolute Gasteiger partial charge is 0.391 e. The van der Waals surface area contributed by atoms with E-state index in [4.69, 9.17) is 19.2 Å². The van der Waals surface area contributed by atoms with Gasteiger partial charge in [-0.05, 0) is 126 Å². The number of halogens is 3. The van der Waals surface area contributed by atoms with E-state index in [2.05, 4.69) is 17.0 Å². The van der Waals surface area contributed by atoms with Gasteiger partial charge >= 0.3 is 6.18 Å². The monoisotopic (exact) mass is 565 g/mol. The highest BCUT2D eigenvalue weighted by atomic mass is 19.4. The molecule has 0 aromatic heterocycles. The molecule has 5 saturated carbocycles. The van der Waals surface area contributed by atoms with Gasteiger partial charge in [0.05, 0.1) is 18.6 Å². The predicted octanol–water partition coefficient (Wildman–Crippen LogP) is 7.50. The minimum Gasteiger partial charge on any atom is -0.494 e. The Bertz CT molecular complexity index is 926. The number of alkyl halides is 3. The van der Waals surface area contributed by atoms with Crippen molar-refractivity contribution in [2.75, 3.05) is 33.4 Å². The largest absolute Gasteiger partial charge is 0.494 e. The van der Waals surface area contributed by atoms with Crippen molar-refractivity contribution in [1.82, 2.24) is 4.90 Å². The van der Waals surface area contributed by atoms with E-state index in [-0.39, 0.29) is 18.9 Å². The third-order valence-electron chi connectivity index (χ3n) is 10.9. The lowest BCUT2D eigenvalue weighted by molar-refractivity contribution is -0.485. The normalized spacial score (nSPS) is 36.7. The van der Waals surface area contributed by atoms with Crippen LogP contribution < -0.4 is 4.74 Å². The Kier molecular flexibility index (Phi) is 8.70. The second-order valence-electron chi connectivity index (χ2n) is 13.3. The maximum absolute atomic E-state index is 12.8. The molecule has 5 nitrogen and oxygen atoms in total. The molecule has 0 atom stereocenters. The summed E-state index contributed by atoms with van der Waals surface area (Å²) in [5.41, 5.74) is 1.34. The molecule has 6 aliphatic rings. The minimum absolute atomic E-state index is 0.127. The topological polar surface area (TPSA) is 40.2 Å². The van der Waals surface area contributed by atoms with Crippen molar-refractivity contribution >= 4 is 0 Å². The molecule has 1 aromatic rings. The van der Waals surface area contributed by atoms with E-state index < -0.39 is 17.9 Å². The Morgan fingerprint density at radius 3 is 2.05 bits per heavy atom. The molecule has 1 saturated heterocycles. The van der Waals surface area contributed by atoms with Gasteiger partial charge in [0.25, 0.3) is 0 Å². The molecule has 0 amide bonds. The van der Waals surface area contributed by atoms with Crippen molar-refractivity contribution < 1.29 is 32.4 Å². The number of hydrogen-bond acceptors (Lipinski definition) is 5. The van der Waals surface area contributed by atoms with Gasteiger partial charge in [0.1, 0.15) is 5.75 Å². The zero-order valence-corrected chi connectivity index (χ0v) is 23.9. The summed E-state index contributed by atoms with van der Waals surface area (Å²) < 4.78 is 50.5. The standard InChI is InChI=1S/C32H46F3NO4/c1-37-31(27-18-22-17-23(20-27)21-28(31)19-22)40-39-30-9-5-25(6-10-30)24-3-7-29(8-4-24)38-16-2-13-36-14-11-26(12-15-36)32(33,34)35/h3-4,7-8,22-23,25-28,30H,2,5-6,9-21H2,1H3. The van der Waals surface area contributed by atoms with Gasteiger partial charge in [0, 0.05) is 25.5 Å². The molecule has 6 fully saturated rings. The lowest BCUT2D eigenvalue weighted by Gasteiger charge is -2.58. The lowest BCUT2D eigenvalue weighted by Crippen LogP contribution is -2.60. The summed E-state index contributed by atoms with van der Waals surface area (Å²) in [6.07, 6.45) is 7.75. The van der Waals surface area contributed by atoms with E-state index in [0.717, 1.165) is 56.2 Å². The minimum atomic E-state index is -4.05. The average Bonchev–Trinajstić information content (AvgIpc) is 2.95. The summed E-state index contributed by atoms with van der Waals surface area (Å²) in [6.45, 7) is 2.40. The first kappa shape index (κ1) is 28.8. The van der Waals surface area contributed by atoms with Crippen LogP contribution in [0.3, 0.4) is 0 Å². The number of rotatable bonds is 10. The number of likely N-dealkylation sites (tertiary alicyclic amines) is 1. The third-order valence-corrected chi connectivity index (χ3v) is 10.9. The van der Waals surface area contributed by atoms with Gasteiger partial charge in [-0.3, -0.25) is 0 Å². The first-order valence-electron chi connectivity index (χ1n) is 15.7. The highest BCUT2D eigenvalue weighted by Crippen LogP contribution is 2.60. The number of piperidine rings is 1. The van der Waals surface area contributed by atoms with Gasteiger partial charge in [-0.1, -0.05) is 12.1 Å². The summed E-state index contributed by atoms with van der Waals surface area (Å²) in [5, 5.41) is 0. The molecule has 1 aliphatic heterocycles. The molecule has 0 radical (unpaired) electrons. The van der Waals surface area contributed by atoms with Crippen LogP contribution in [0.1, 0.15) is 88.5 Å². The van der Waals surface area contributed by atoms with Crippen LogP contribution in [0.2, 0.25) is 0 Å². The van der Waals surface area contributed by atoms with Gasteiger partial charge in [0.15, 0.2) is 0 Å². The Morgan fingerprint density at radius 1 is 0.850 bits per heavy atom. The molecule has 0 N–H and O–H groups in total. The van der Waals surface area contributed by atoms with Crippen LogP contribution in [0.25, 0.3) is 0 Å². The Labute approximate surface area is 237 Å². The fraction of sp³-hybridized carbons (Fsp3) is 0.812. The van der Waals surface area contributed by atoms with Crippen molar-refractivity contribution in [3.05, 3.63) is 29.8 Å². The third kappa shape index (κ3) is 6.20. The van der Waals surface area contributed by atoms with Gasteiger partial charge in [0.2, 0.25) is 5.79 Å². The first-order chi connectivity index (χ1) is 19.3. The summed E-state index contributed by atoms with van der Waals surface area (Å²) in [4.78, 5) is 14.5. The summed E-state index contributed by atoms with van der Waals surface area (Å²) in [5.74, 6) is 2.37. The van der Waals surface area contributed by atoms with E-state index in [1.807, 2.05) is 12.1 Å². The predicted molar refractivity (Wildman–Crippen MR) is 146 cm³/mol. The quantitative estimate of drug-likeness (QED) is 0.127. The molecule has 0 spiro atoms. The van der Waals surface area contributed by atoms with E-state index >= 15 is 0 Å². The van der Waals surface area contributed by atoms with Crippen LogP contribution in [0, 0.1) is 29.6 Å². The highest BCUT2D eigenvalue weighted by Gasteiger charge is 2.60. The first-order valence-corrected chi connectivity index (χ1v) is 15.7. The molecular formula is C32H46F3NO4. The second-order valence-corrected chi connectivity index (χ2v) is 13.3. The molecule has 224 valence electrons. The van der Waals surface area contributed by atoms with Crippen LogP contribution in [0.4, 0.5) is 13.2 Å². The maximum atomic E-state index is 12.8. The number of hydrogen-bond donors (Lipinski definition) is 0. The molecule has 5 aliphatic carbocycles. The Balaban J connectivity index is 0.892. The van der Waals surface area contributed by atoms with E-state index in [1.165, 1.54) is 37.7 Å². The lowest BCUT2D eigenvalue weighted by atomic mass is 9.53. The maximum Gasteiger partial charge on any atom is 0.391 e. The SMILES string of the molecule is COC1(OOC2CCC(c3ccc(OCCCN4CCC(C(F)(F)F)CC4)cc3)CC2)C2CC3CC(C2)CC1C3. The number of methoxy groups -OCH3 is 1. The van der Waals surface area contributed by atoms with E-state index in [9.17, 15) is 13.2 Å². The zero-order chi connectivity index (χ0) is 27.7. The van der Waals surface area contributed by atoms with Crippen molar-refractivity contribution in [2.45, 2.75) is 101 Å².